The van der Waals surface area contributed by atoms with E-state index in [1.807, 2.05) is 51.1 Å². The van der Waals surface area contributed by atoms with E-state index in [0.29, 0.717) is 13.0 Å². The third-order valence-electron chi connectivity index (χ3n) is 2.57. The van der Waals surface area contributed by atoms with E-state index in [2.05, 4.69) is 5.32 Å². The van der Waals surface area contributed by atoms with Gasteiger partial charge in [-0.05, 0) is 32.8 Å². The number of methoxy groups -OCH3 is 1. The summed E-state index contributed by atoms with van der Waals surface area (Å²) < 4.78 is 15.5. The van der Waals surface area contributed by atoms with Crippen molar-refractivity contribution in [3.05, 3.63) is 35.9 Å². The zero-order valence-electron chi connectivity index (χ0n) is 13.2. The second-order valence-corrected chi connectivity index (χ2v) is 5.81. The number of rotatable bonds is 7. The van der Waals surface area contributed by atoms with E-state index >= 15 is 0 Å². The summed E-state index contributed by atoms with van der Waals surface area (Å²) in [5.41, 5.74) is 0.606. The minimum Gasteiger partial charge on any atom is -0.444 e. The Morgan fingerprint density at radius 1 is 1.24 bits per heavy atom. The average molecular weight is 295 g/mol. The Morgan fingerprint density at radius 3 is 2.48 bits per heavy atom. The van der Waals surface area contributed by atoms with Crippen LogP contribution < -0.4 is 5.32 Å². The molecule has 1 N–H and O–H groups in total. The van der Waals surface area contributed by atoms with Crippen molar-refractivity contribution in [3.63, 3.8) is 0 Å². The number of hydrogen-bond donors (Lipinski definition) is 1. The fourth-order valence-electron chi connectivity index (χ4n) is 1.80. The number of hydrogen-bond acceptors (Lipinski definition) is 4. The van der Waals surface area contributed by atoms with E-state index in [1.165, 1.54) is 0 Å². The quantitative estimate of drug-likeness (QED) is 0.621. The number of alkyl carbamates (subject to hydrolysis) is 1. The molecule has 1 amide bonds. The molecular weight excluding hydrogens is 270 g/mol. The van der Waals surface area contributed by atoms with Gasteiger partial charge in [0.05, 0.1) is 12.6 Å². The summed E-state index contributed by atoms with van der Waals surface area (Å²) in [5, 5.41) is 2.84. The molecule has 1 atom stereocenters. The highest BCUT2D eigenvalue weighted by atomic mass is 16.7. The van der Waals surface area contributed by atoms with Crippen molar-refractivity contribution in [1.29, 1.82) is 0 Å². The standard InChI is InChI=1S/C16H25NO4/c1-16(2,3)21-15(18)17-14(11-20-12-19-4)10-13-8-6-5-7-9-13/h5-9,14H,10-12H2,1-4H3,(H,17,18)/t14-/m0/s1. The van der Waals surface area contributed by atoms with Crippen LogP contribution in [-0.4, -0.2) is 38.2 Å². The predicted molar refractivity (Wildman–Crippen MR) is 81.1 cm³/mol. The lowest BCUT2D eigenvalue weighted by Crippen LogP contribution is -2.42. The van der Waals surface area contributed by atoms with Crippen LogP contribution in [0.2, 0.25) is 0 Å². The molecule has 0 unspecified atom stereocenters. The van der Waals surface area contributed by atoms with Gasteiger partial charge in [0.25, 0.3) is 0 Å². The molecule has 5 heteroatoms. The summed E-state index contributed by atoms with van der Waals surface area (Å²) in [6.07, 6.45) is 0.230. The van der Waals surface area contributed by atoms with E-state index in [9.17, 15) is 4.79 Å². The maximum absolute atomic E-state index is 11.9. The van der Waals surface area contributed by atoms with E-state index in [4.69, 9.17) is 14.2 Å². The Hall–Kier alpha value is -1.59. The van der Waals surface area contributed by atoms with Crippen LogP contribution in [0.15, 0.2) is 30.3 Å². The second-order valence-electron chi connectivity index (χ2n) is 5.81. The van der Waals surface area contributed by atoms with Crippen molar-refractivity contribution in [2.45, 2.75) is 38.8 Å². The van der Waals surface area contributed by atoms with Gasteiger partial charge in [-0.2, -0.15) is 0 Å². The Balaban J connectivity index is 2.57. The van der Waals surface area contributed by atoms with Gasteiger partial charge in [0.2, 0.25) is 0 Å². The third kappa shape index (κ3) is 8.32. The first kappa shape index (κ1) is 17.5. The molecule has 0 aliphatic heterocycles. The summed E-state index contributed by atoms with van der Waals surface area (Å²) in [4.78, 5) is 11.9. The van der Waals surface area contributed by atoms with Crippen LogP contribution in [0.5, 0.6) is 0 Å². The number of carbonyl (C=O) groups excluding carboxylic acids is 1. The Bertz CT molecular complexity index is 414. The molecular formula is C16H25NO4. The topological polar surface area (TPSA) is 56.8 Å². The van der Waals surface area contributed by atoms with Crippen LogP contribution >= 0.6 is 0 Å². The summed E-state index contributed by atoms with van der Waals surface area (Å²) in [5.74, 6) is 0. The SMILES string of the molecule is COCOC[C@H](Cc1ccccc1)NC(=O)OC(C)(C)C. The summed E-state index contributed by atoms with van der Waals surface area (Å²) >= 11 is 0. The molecule has 1 aromatic carbocycles. The summed E-state index contributed by atoms with van der Waals surface area (Å²) in [6, 6.07) is 9.75. The Labute approximate surface area is 126 Å². The molecule has 0 spiro atoms. The average Bonchev–Trinajstić information content (AvgIpc) is 2.37. The summed E-state index contributed by atoms with van der Waals surface area (Å²) in [7, 11) is 1.56. The van der Waals surface area contributed by atoms with Gasteiger partial charge in [0, 0.05) is 7.11 Å². The van der Waals surface area contributed by atoms with Crippen LogP contribution in [-0.2, 0) is 20.6 Å². The second kappa shape index (κ2) is 8.64. The van der Waals surface area contributed by atoms with E-state index < -0.39 is 11.7 Å². The predicted octanol–water partition coefficient (Wildman–Crippen LogP) is 2.74. The van der Waals surface area contributed by atoms with Crippen molar-refractivity contribution >= 4 is 6.09 Å². The number of benzene rings is 1. The molecule has 0 aliphatic rings. The molecule has 0 aliphatic carbocycles. The van der Waals surface area contributed by atoms with Crippen molar-refractivity contribution in [3.8, 4) is 0 Å². The normalized spacial score (nSPS) is 12.8. The molecule has 0 radical (unpaired) electrons. The Morgan fingerprint density at radius 2 is 1.90 bits per heavy atom. The fourth-order valence-corrected chi connectivity index (χ4v) is 1.80. The molecule has 118 valence electrons. The molecule has 0 heterocycles. The fraction of sp³-hybridized carbons (Fsp3) is 0.562. The van der Waals surface area contributed by atoms with Crippen molar-refractivity contribution in [2.24, 2.45) is 0 Å². The lowest BCUT2D eigenvalue weighted by atomic mass is 10.1. The number of ether oxygens (including phenoxy) is 3. The van der Waals surface area contributed by atoms with Crippen LogP contribution in [0.25, 0.3) is 0 Å². The van der Waals surface area contributed by atoms with Crippen LogP contribution in [0.3, 0.4) is 0 Å². The number of nitrogens with one attached hydrogen (secondary N) is 1. The molecule has 1 rings (SSSR count). The smallest absolute Gasteiger partial charge is 0.407 e. The zero-order valence-corrected chi connectivity index (χ0v) is 13.2. The van der Waals surface area contributed by atoms with E-state index in [0.717, 1.165) is 5.56 Å². The molecule has 21 heavy (non-hydrogen) atoms. The van der Waals surface area contributed by atoms with Gasteiger partial charge in [-0.25, -0.2) is 4.79 Å². The maximum Gasteiger partial charge on any atom is 0.407 e. The maximum atomic E-state index is 11.9. The molecule has 0 saturated carbocycles. The highest BCUT2D eigenvalue weighted by molar-refractivity contribution is 5.68. The molecule has 0 bridgehead atoms. The van der Waals surface area contributed by atoms with Gasteiger partial charge >= 0.3 is 6.09 Å². The highest BCUT2D eigenvalue weighted by Gasteiger charge is 2.20. The van der Waals surface area contributed by atoms with Gasteiger partial charge in [0.1, 0.15) is 12.4 Å². The first-order valence-corrected chi connectivity index (χ1v) is 7.01. The largest absolute Gasteiger partial charge is 0.444 e. The molecule has 0 fully saturated rings. The van der Waals surface area contributed by atoms with E-state index in [-0.39, 0.29) is 12.8 Å². The van der Waals surface area contributed by atoms with E-state index in [1.54, 1.807) is 7.11 Å². The lowest BCUT2D eigenvalue weighted by molar-refractivity contribution is -0.0388. The Kier molecular flexibility index (Phi) is 7.19. The molecule has 1 aromatic rings. The first-order chi connectivity index (χ1) is 9.90. The van der Waals surface area contributed by atoms with Crippen LogP contribution in [0.4, 0.5) is 4.79 Å². The molecule has 0 aromatic heterocycles. The highest BCUT2D eigenvalue weighted by Crippen LogP contribution is 2.08. The minimum atomic E-state index is -0.519. The van der Waals surface area contributed by atoms with Crippen LogP contribution in [0.1, 0.15) is 26.3 Å². The molecule has 0 saturated heterocycles. The zero-order chi connectivity index (χ0) is 15.7. The summed E-state index contributed by atoms with van der Waals surface area (Å²) in [6.45, 7) is 6.06. The van der Waals surface area contributed by atoms with Gasteiger partial charge < -0.3 is 19.5 Å². The third-order valence-corrected chi connectivity index (χ3v) is 2.57. The van der Waals surface area contributed by atoms with Gasteiger partial charge in [-0.1, -0.05) is 30.3 Å². The first-order valence-electron chi connectivity index (χ1n) is 7.01. The van der Waals surface area contributed by atoms with Crippen molar-refractivity contribution < 1.29 is 19.0 Å². The molecule has 5 nitrogen and oxygen atoms in total. The van der Waals surface area contributed by atoms with Crippen LogP contribution in [0, 0.1) is 0 Å². The van der Waals surface area contributed by atoms with Gasteiger partial charge in [0.15, 0.2) is 0 Å². The lowest BCUT2D eigenvalue weighted by Gasteiger charge is -2.23. The van der Waals surface area contributed by atoms with Crippen molar-refractivity contribution in [1.82, 2.24) is 5.32 Å². The van der Waals surface area contributed by atoms with Gasteiger partial charge in [-0.3, -0.25) is 0 Å². The minimum absolute atomic E-state index is 0.169. The van der Waals surface area contributed by atoms with Gasteiger partial charge in [-0.15, -0.1) is 0 Å². The number of carbonyl (C=O) groups is 1. The van der Waals surface area contributed by atoms with Crippen molar-refractivity contribution in [2.75, 3.05) is 20.5 Å². The number of amides is 1. The monoisotopic (exact) mass is 295 g/mol.